The van der Waals surface area contributed by atoms with E-state index < -0.39 is 23.5 Å². The summed E-state index contributed by atoms with van der Waals surface area (Å²) in [7, 11) is 0. The molecular weight excluding hydrogens is 408 g/mol. The lowest BCUT2D eigenvalue weighted by molar-refractivity contribution is -0.147. The van der Waals surface area contributed by atoms with Crippen LogP contribution in [0.1, 0.15) is 43.2 Å². The molecule has 0 unspecified atom stereocenters. The zero-order valence-electron chi connectivity index (χ0n) is 18.1. The molecule has 32 heavy (non-hydrogen) atoms. The van der Waals surface area contributed by atoms with Crippen molar-refractivity contribution in [2.45, 2.75) is 37.6 Å². The fourth-order valence-corrected chi connectivity index (χ4v) is 3.98. The summed E-state index contributed by atoms with van der Waals surface area (Å²) < 4.78 is 5.39. The third-order valence-corrected chi connectivity index (χ3v) is 5.71. The monoisotopic (exact) mass is 436 g/mol. The molecule has 1 aliphatic rings. The van der Waals surface area contributed by atoms with Crippen molar-refractivity contribution in [3.63, 3.8) is 0 Å². The maximum absolute atomic E-state index is 12.2. The second-order valence-corrected chi connectivity index (χ2v) is 8.05. The maximum Gasteiger partial charge on any atom is 0.407 e. The maximum atomic E-state index is 12.2. The first-order valence-corrected chi connectivity index (χ1v) is 10.6. The Kier molecular flexibility index (Phi) is 7.30. The van der Waals surface area contributed by atoms with Gasteiger partial charge in [0.05, 0.1) is 0 Å². The highest BCUT2D eigenvalue weighted by Gasteiger charge is 2.34. The van der Waals surface area contributed by atoms with Crippen LogP contribution in [0.4, 0.5) is 4.79 Å². The van der Waals surface area contributed by atoms with E-state index in [4.69, 9.17) is 4.74 Å². The first-order chi connectivity index (χ1) is 15.4. The van der Waals surface area contributed by atoms with Gasteiger partial charge in [-0.2, -0.15) is 0 Å². The second-order valence-electron chi connectivity index (χ2n) is 8.05. The lowest BCUT2D eigenvalue weighted by atomic mass is 9.94. The molecule has 0 aliphatic heterocycles. The standard InChI is InChI=1S/C25H28N2O5/c1-3-4-9-14-25(2,23(29)30)27-22(28)15-26-24(31)32-16-21-19-12-7-5-10-17(19)18-11-6-8-13-20(18)21/h3,5-8,10-13,21H,1,4,9,14-16H2,2H3,(H,26,31)(H,27,28)(H,29,30)/t25-/m1/s1. The van der Waals surface area contributed by atoms with E-state index in [9.17, 15) is 19.5 Å². The van der Waals surface area contributed by atoms with Crippen LogP contribution in [0.3, 0.4) is 0 Å². The number of rotatable bonds is 10. The molecule has 1 atom stereocenters. The number of hydrogen-bond acceptors (Lipinski definition) is 4. The number of carboxylic acid groups (broad SMARTS) is 1. The number of amides is 2. The van der Waals surface area contributed by atoms with Crippen LogP contribution in [-0.4, -0.2) is 41.8 Å². The molecule has 0 saturated heterocycles. The first kappa shape index (κ1) is 23.1. The predicted molar refractivity (Wildman–Crippen MR) is 121 cm³/mol. The number of alkyl carbamates (subject to hydrolysis) is 1. The summed E-state index contributed by atoms with van der Waals surface area (Å²) in [6.07, 6.45) is 2.45. The molecule has 0 spiro atoms. The number of carbonyl (C=O) groups excluding carboxylic acids is 2. The Bertz CT molecular complexity index is 973. The topological polar surface area (TPSA) is 105 Å². The quantitative estimate of drug-likeness (QED) is 0.388. The van der Waals surface area contributed by atoms with Gasteiger partial charge in [0.2, 0.25) is 5.91 Å². The predicted octanol–water partition coefficient (Wildman–Crippen LogP) is 3.84. The minimum Gasteiger partial charge on any atom is -0.480 e. The number of carbonyl (C=O) groups is 3. The SMILES string of the molecule is C=CCCC[C@@](C)(NC(=O)CNC(=O)OCC1c2ccccc2-c2ccccc21)C(=O)O. The number of fused-ring (bicyclic) bond motifs is 3. The van der Waals surface area contributed by atoms with Crippen molar-refractivity contribution < 1.29 is 24.2 Å². The van der Waals surface area contributed by atoms with Gasteiger partial charge in [-0.3, -0.25) is 4.79 Å². The van der Waals surface area contributed by atoms with E-state index in [1.165, 1.54) is 6.92 Å². The molecule has 0 aromatic heterocycles. The fourth-order valence-electron chi connectivity index (χ4n) is 3.98. The molecule has 3 N–H and O–H groups in total. The summed E-state index contributed by atoms with van der Waals surface area (Å²) in [4.78, 5) is 36.0. The Balaban J connectivity index is 1.53. The highest BCUT2D eigenvalue weighted by atomic mass is 16.5. The van der Waals surface area contributed by atoms with Gasteiger partial charge >= 0.3 is 12.1 Å². The molecule has 2 amide bonds. The molecule has 2 aromatic rings. The molecule has 0 fully saturated rings. The Morgan fingerprint density at radius 3 is 2.25 bits per heavy atom. The summed E-state index contributed by atoms with van der Waals surface area (Å²) >= 11 is 0. The van der Waals surface area contributed by atoms with Crippen molar-refractivity contribution in [1.29, 1.82) is 0 Å². The van der Waals surface area contributed by atoms with E-state index >= 15 is 0 Å². The van der Waals surface area contributed by atoms with Crippen molar-refractivity contribution in [2.75, 3.05) is 13.2 Å². The van der Waals surface area contributed by atoms with E-state index in [2.05, 4.69) is 17.2 Å². The lowest BCUT2D eigenvalue weighted by Crippen LogP contribution is -2.54. The Morgan fingerprint density at radius 2 is 1.69 bits per heavy atom. The summed E-state index contributed by atoms with van der Waals surface area (Å²) in [6.45, 7) is 4.82. The summed E-state index contributed by atoms with van der Waals surface area (Å²) in [6, 6.07) is 16.0. The summed E-state index contributed by atoms with van der Waals surface area (Å²) in [5, 5.41) is 14.4. The average Bonchev–Trinajstić information content (AvgIpc) is 3.10. The molecule has 7 heteroatoms. The third-order valence-electron chi connectivity index (χ3n) is 5.71. The van der Waals surface area contributed by atoms with Gasteiger partial charge in [0, 0.05) is 5.92 Å². The number of aliphatic carboxylic acids is 1. The van der Waals surface area contributed by atoms with Crippen LogP contribution in [0, 0.1) is 0 Å². The number of benzene rings is 2. The van der Waals surface area contributed by atoms with E-state index in [1.807, 2.05) is 48.5 Å². The van der Waals surface area contributed by atoms with Crippen LogP contribution >= 0.6 is 0 Å². The van der Waals surface area contributed by atoms with Crippen molar-refractivity contribution in [1.82, 2.24) is 10.6 Å². The zero-order chi connectivity index (χ0) is 23.1. The molecule has 3 rings (SSSR count). The fraction of sp³-hybridized carbons (Fsp3) is 0.320. The molecule has 0 radical (unpaired) electrons. The largest absolute Gasteiger partial charge is 0.480 e. The number of nitrogens with one attached hydrogen (secondary N) is 2. The minimum absolute atomic E-state index is 0.0814. The van der Waals surface area contributed by atoms with Crippen LogP contribution in [0.5, 0.6) is 0 Å². The van der Waals surface area contributed by atoms with Gasteiger partial charge in [-0.1, -0.05) is 54.6 Å². The number of hydrogen-bond donors (Lipinski definition) is 3. The molecule has 2 aromatic carbocycles. The summed E-state index contributed by atoms with van der Waals surface area (Å²) in [5.41, 5.74) is 3.02. The molecule has 1 aliphatic carbocycles. The number of allylic oxidation sites excluding steroid dienone is 1. The van der Waals surface area contributed by atoms with Gasteiger partial charge in [0.1, 0.15) is 18.7 Å². The smallest absolute Gasteiger partial charge is 0.407 e. The average molecular weight is 437 g/mol. The lowest BCUT2D eigenvalue weighted by Gasteiger charge is -2.26. The van der Waals surface area contributed by atoms with E-state index in [-0.39, 0.29) is 25.5 Å². The van der Waals surface area contributed by atoms with Crippen molar-refractivity contribution in [3.8, 4) is 11.1 Å². The Morgan fingerprint density at radius 1 is 1.09 bits per heavy atom. The molecule has 0 bridgehead atoms. The Hall–Kier alpha value is -3.61. The number of carboxylic acids is 1. The molecule has 168 valence electrons. The van der Waals surface area contributed by atoms with Crippen LogP contribution in [0.15, 0.2) is 61.2 Å². The van der Waals surface area contributed by atoms with Crippen LogP contribution < -0.4 is 10.6 Å². The summed E-state index contributed by atoms with van der Waals surface area (Å²) in [5.74, 6) is -1.81. The van der Waals surface area contributed by atoms with E-state index in [1.54, 1.807) is 6.08 Å². The van der Waals surface area contributed by atoms with E-state index in [0.29, 0.717) is 12.8 Å². The van der Waals surface area contributed by atoms with Gasteiger partial charge in [0.15, 0.2) is 0 Å². The van der Waals surface area contributed by atoms with Crippen molar-refractivity contribution in [2.24, 2.45) is 0 Å². The third kappa shape index (κ3) is 5.17. The van der Waals surface area contributed by atoms with Gasteiger partial charge in [-0.25, -0.2) is 9.59 Å². The minimum atomic E-state index is -1.41. The van der Waals surface area contributed by atoms with Gasteiger partial charge in [-0.05, 0) is 48.4 Å². The zero-order valence-corrected chi connectivity index (χ0v) is 18.1. The van der Waals surface area contributed by atoms with Crippen molar-refractivity contribution in [3.05, 3.63) is 72.3 Å². The van der Waals surface area contributed by atoms with Crippen molar-refractivity contribution >= 4 is 18.0 Å². The molecule has 0 heterocycles. The van der Waals surface area contributed by atoms with Gasteiger partial charge < -0.3 is 20.5 Å². The normalized spacial score (nSPS) is 13.9. The second kappa shape index (κ2) is 10.1. The molecular formula is C25H28N2O5. The number of ether oxygens (including phenoxy) is 1. The molecule has 0 saturated carbocycles. The van der Waals surface area contributed by atoms with E-state index in [0.717, 1.165) is 22.3 Å². The highest BCUT2D eigenvalue weighted by molar-refractivity contribution is 5.89. The van der Waals surface area contributed by atoms with Gasteiger partial charge in [0.25, 0.3) is 0 Å². The van der Waals surface area contributed by atoms with Crippen LogP contribution in [0.2, 0.25) is 0 Å². The first-order valence-electron chi connectivity index (χ1n) is 10.6. The van der Waals surface area contributed by atoms with Gasteiger partial charge in [-0.15, -0.1) is 6.58 Å². The highest BCUT2D eigenvalue weighted by Crippen LogP contribution is 2.44. The van der Waals surface area contributed by atoms with Crippen LogP contribution in [-0.2, 0) is 14.3 Å². The van der Waals surface area contributed by atoms with Crippen LogP contribution in [0.25, 0.3) is 11.1 Å². The number of unbranched alkanes of at least 4 members (excludes halogenated alkanes) is 1. The molecule has 7 nitrogen and oxygen atoms in total. The Labute approximate surface area is 187 Å².